The second-order valence-electron chi connectivity index (χ2n) is 4.68. The van der Waals surface area contributed by atoms with E-state index in [9.17, 15) is 26.7 Å². The van der Waals surface area contributed by atoms with Crippen molar-refractivity contribution in [2.75, 3.05) is 6.61 Å². The van der Waals surface area contributed by atoms with Crippen LogP contribution in [-0.2, 0) is 0 Å². The van der Waals surface area contributed by atoms with Gasteiger partial charge in [0.25, 0.3) is 0 Å². The number of nitrogens with zero attached hydrogens (tertiary/aromatic N) is 2. The number of rotatable bonds is 3. The Bertz CT molecular complexity index is 918. The van der Waals surface area contributed by atoms with Gasteiger partial charge in [-0.15, -0.1) is 0 Å². The van der Waals surface area contributed by atoms with E-state index in [-0.39, 0.29) is 10.2 Å². The number of carbonyl (C=O) groups excluding carboxylic acids is 1. The average Bonchev–Trinajstić information content (AvgIpc) is 2.52. The standard InChI is InChI=1S/C15H7BrF5N3O3/c16-12-11(23-6-24-13(12)26-5-15(19,20)21)2-1-8-9(17)3-7(4-10(8)18)27-14(22)25/h3-4,6H,5H2,(H2,22,25). The molecule has 2 aromatic rings. The van der Waals surface area contributed by atoms with E-state index in [1.54, 1.807) is 0 Å². The first kappa shape index (κ1) is 20.4. The van der Waals surface area contributed by atoms with Crippen LogP contribution in [0.25, 0.3) is 0 Å². The molecule has 12 heteroatoms. The molecule has 0 fully saturated rings. The summed E-state index contributed by atoms with van der Waals surface area (Å²) < 4.78 is 73.2. The number of benzene rings is 1. The van der Waals surface area contributed by atoms with Crippen molar-refractivity contribution in [3.63, 3.8) is 0 Å². The number of halogens is 6. The van der Waals surface area contributed by atoms with Crippen molar-refractivity contribution < 1.29 is 36.2 Å². The van der Waals surface area contributed by atoms with Gasteiger partial charge in [-0.3, -0.25) is 0 Å². The van der Waals surface area contributed by atoms with Crippen LogP contribution in [0.1, 0.15) is 11.3 Å². The molecule has 0 aliphatic carbocycles. The molecular formula is C15H7BrF5N3O3. The summed E-state index contributed by atoms with van der Waals surface area (Å²) in [7, 11) is 0. The fraction of sp³-hybridized carbons (Fsp3) is 0.133. The number of amides is 1. The monoisotopic (exact) mass is 451 g/mol. The Kier molecular flexibility index (Phi) is 6.17. The van der Waals surface area contributed by atoms with E-state index < -0.39 is 47.7 Å². The Morgan fingerprint density at radius 3 is 2.37 bits per heavy atom. The van der Waals surface area contributed by atoms with Gasteiger partial charge in [0.15, 0.2) is 6.61 Å². The normalized spacial score (nSPS) is 10.7. The molecule has 0 atom stereocenters. The van der Waals surface area contributed by atoms with Crippen molar-refractivity contribution in [1.29, 1.82) is 0 Å². The number of hydrogen-bond donors (Lipinski definition) is 1. The second-order valence-corrected chi connectivity index (χ2v) is 5.47. The predicted octanol–water partition coefficient (Wildman–Crippen LogP) is 3.32. The highest BCUT2D eigenvalue weighted by atomic mass is 79.9. The summed E-state index contributed by atoms with van der Waals surface area (Å²) >= 11 is 2.92. The van der Waals surface area contributed by atoms with Crippen LogP contribution in [-0.4, -0.2) is 28.8 Å². The van der Waals surface area contributed by atoms with E-state index in [0.717, 1.165) is 6.33 Å². The molecule has 0 saturated heterocycles. The van der Waals surface area contributed by atoms with Gasteiger partial charge in [0.2, 0.25) is 5.88 Å². The lowest BCUT2D eigenvalue weighted by molar-refractivity contribution is -0.154. The number of primary amides is 1. The van der Waals surface area contributed by atoms with Crippen molar-refractivity contribution in [2.24, 2.45) is 5.73 Å². The van der Waals surface area contributed by atoms with Gasteiger partial charge < -0.3 is 15.2 Å². The lowest BCUT2D eigenvalue weighted by atomic mass is 10.2. The molecule has 1 aromatic carbocycles. The fourth-order valence-corrected chi connectivity index (χ4v) is 2.08. The number of carbonyl (C=O) groups is 1. The molecule has 1 aromatic heterocycles. The molecule has 0 aliphatic rings. The second kappa shape index (κ2) is 8.17. The van der Waals surface area contributed by atoms with Crippen LogP contribution in [0, 0.1) is 23.5 Å². The molecule has 0 spiro atoms. The number of hydrogen-bond acceptors (Lipinski definition) is 5. The molecule has 2 N–H and O–H groups in total. The third-order valence-corrected chi connectivity index (χ3v) is 3.38. The van der Waals surface area contributed by atoms with Crippen LogP contribution in [0.4, 0.5) is 26.7 Å². The largest absolute Gasteiger partial charge is 0.467 e. The van der Waals surface area contributed by atoms with E-state index in [4.69, 9.17) is 5.73 Å². The van der Waals surface area contributed by atoms with Gasteiger partial charge in [0, 0.05) is 12.1 Å². The van der Waals surface area contributed by atoms with Gasteiger partial charge in [-0.1, -0.05) is 5.92 Å². The summed E-state index contributed by atoms with van der Waals surface area (Å²) in [6, 6.07) is 1.37. The van der Waals surface area contributed by atoms with Gasteiger partial charge >= 0.3 is 12.3 Å². The van der Waals surface area contributed by atoms with Gasteiger partial charge in [-0.05, 0) is 21.9 Å². The highest BCUT2D eigenvalue weighted by Crippen LogP contribution is 2.26. The Morgan fingerprint density at radius 1 is 1.19 bits per heavy atom. The van der Waals surface area contributed by atoms with Gasteiger partial charge in [-0.2, -0.15) is 13.2 Å². The molecule has 0 saturated carbocycles. The lowest BCUT2D eigenvalue weighted by Gasteiger charge is -2.09. The van der Waals surface area contributed by atoms with Gasteiger partial charge in [-0.25, -0.2) is 23.5 Å². The molecule has 1 amide bonds. The van der Waals surface area contributed by atoms with Crippen molar-refractivity contribution in [3.8, 4) is 23.5 Å². The predicted molar refractivity (Wildman–Crippen MR) is 83.8 cm³/mol. The Hall–Kier alpha value is -2.94. The highest BCUT2D eigenvalue weighted by molar-refractivity contribution is 9.10. The zero-order valence-corrected chi connectivity index (χ0v) is 14.5. The first-order chi connectivity index (χ1) is 12.6. The van der Waals surface area contributed by atoms with Crippen molar-refractivity contribution in [2.45, 2.75) is 6.18 Å². The molecule has 0 bridgehead atoms. The van der Waals surface area contributed by atoms with Gasteiger partial charge in [0.1, 0.15) is 33.9 Å². The lowest BCUT2D eigenvalue weighted by Crippen LogP contribution is -2.20. The number of alkyl halides is 3. The molecule has 27 heavy (non-hydrogen) atoms. The van der Waals surface area contributed by atoms with E-state index in [2.05, 4.69) is 47.2 Å². The van der Waals surface area contributed by atoms with Crippen LogP contribution in [0.2, 0.25) is 0 Å². The molecule has 0 unspecified atom stereocenters. The Morgan fingerprint density at radius 2 is 1.81 bits per heavy atom. The molecule has 6 nitrogen and oxygen atoms in total. The van der Waals surface area contributed by atoms with Crippen molar-refractivity contribution in [1.82, 2.24) is 9.97 Å². The third kappa shape index (κ3) is 5.78. The number of nitrogens with two attached hydrogens (primary N) is 1. The molecular weight excluding hydrogens is 445 g/mol. The van der Waals surface area contributed by atoms with Gasteiger partial charge in [0.05, 0.1) is 5.56 Å². The minimum absolute atomic E-state index is 0.128. The minimum atomic E-state index is -4.59. The molecule has 1 heterocycles. The van der Waals surface area contributed by atoms with E-state index in [1.807, 2.05) is 0 Å². The van der Waals surface area contributed by atoms with E-state index in [1.165, 1.54) is 0 Å². The Balaban J connectivity index is 2.31. The first-order valence-corrected chi connectivity index (χ1v) is 7.54. The first-order valence-electron chi connectivity index (χ1n) is 6.75. The zero-order valence-electron chi connectivity index (χ0n) is 12.9. The van der Waals surface area contributed by atoms with E-state index >= 15 is 0 Å². The fourth-order valence-electron chi connectivity index (χ4n) is 1.66. The van der Waals surface area contributed by atoms with Crippen molar-refractivity contribution >= 4 is 22.0 Å². The quantitative estimate of drug-likeness (QED) is 0.571. The van der Waals surface area contributed by atoms with Crippen LogP contribution >= 0.6 is 15.9 Å². The number of ether oxygens (including phenoxy) is 2. The maximum atomic E-state index is 13.9. The SMILES string of the molecule is NC(=O)Oc1cc(F)c(C#Cc2ncnc(OCC(F)(F)F)c2Br)c(F)c1. The molecule has 142 valence electrons. The number of aromatic nitrogens is 2. The van der Waals surface area contributed by atoms with Crippen molar-refractivity contribution in [3.05, 3.63) is 45.8 Å². The topological polar surface area (TPSA) is 87.3 Å². The highest BCUT2D eigenvalue weighted by Gasteiger charge is 2.29. The van der Waals surface area contributed by atoms with Crippen LogP contribution in [0.15, 0.2) is 22.9 Å². The summed E-state index contributed by atoms with van der Waals surface area (Å²) in [4.78, 5) is 17.8. The third-order valence-electron chi connectivity index (χ3n) is 2.67. The Labute approximate surface area is 156 Å². The van der Waals surface area contributed by atoms with Crippen LogP contribution in [0.5, 0.6) is 11.6 Å². The summed E-state index contributed by atoms with van der Waals surface area (Å²) in [6.07, 6.45) is -4.97. The molecule has 0 aliphatic heterocycles. The maximum Gasteiger partial charge on any atom is 0.422 e. The zero-order chi connectivity index (χ0) is 20.2. The minimum Gasteiger partial charge on any atom is -0.467 e. The molecule has 0 radical (unpaired) electrons. The van der Waals surface area contributed by atoms with Crippen LogP contribution < -0.4 is 15.2 Å². The smallest absolute Gasteiger partial charge is 0.422 e. The summed E-state index contributed by atoms with van der Waals surface area (Å²) in [5.74, 6) is 1.22. The summed E-state index contributed by atoms with van der Waals surface area (Å²) in [5.41, 5.74) is 3.89. The summed E-state index contributed by atoms with van der Waals surface area (Å²) in [6.45, 7) is -1.60. The molecule has 2 rings (SSSR count). The summed E-state index contributed by atoms with van der Waals surface area (Å²) in [5, 5.41) is 0. The maximum absolute atomic E-state index is 13.9. The van der Waals surface area contributed by atoms with Crippen LogP contribution in [0.3, 0.4) is 0 Å². The average molecular weight is 452 g/mol. The van der Waals surface area contributed by atoms with E-state index in [0.29, 0.717) is 12.1 Å².